The Morgan fingerprint density at radius 1 is 1.73 bits per heavy atom. The Bertz CT molecular complexity index is 314. The van der Waals surface area contributed by atoms with Crippen molar-refractivity contribution < 1.29 is 4.79 Å². The number of amides is 1. The smallest absolute Gasteiger partial charge is 0.288 e. The van der Waals surface area contributed by atoms with Crippen molar-refractivity contribution in [2.24, 2.45) is 5.84 Å². The van der Waals surface area contributed by atoms with Crippen molar-refractivity contribution in [3.63, 3.8) is 0 Å². The van der Waals surface area contributed by atoms with Gasteiger partial charge in [0.1, 0.15) is 0 Å². The summed E-state index contributed by atoms with van der Waals surface area (Å²) in [6.45, 7) is 2.17. The van der Waals surface area contributed by atoms with Crippen LogP contribution in [-0.2, 0) is 5.75 Å². The molecule has 4 nitrogen and oxygen atoms in total. The zero-order chi connectivity index (χ0) is 11.1. The van der Waals surface area contributed by atoms with Gasteiger partial charge in [0.05, 0.1) is 5.69 Å². The molecule has 1 rings (SSSR count). The highest BCUT2D eigenvalue weighted by molar-refractivity contribution is 7.98. The number of aromatic nitrogens is 1. The molecule has 0 aliphatic carbocycles. The fraction of sp³-hybridized carbons (Fsp3) is 0.556. The normalized spacial score (nSPS) is 10.3. The number of nitrogens with two attached hydrogens (primary N) is 1. The predicted molar refractivity (Wildman–Crippen MR) is 64.8 cm³/mol. The van der Waals surface area contributed by atoms with Crippen LogP contribution in [0.5, 0.6) is 0 Å². The number of thiazole rings is 1. The molecular formula is C9H15N3OS2. The lowest BCUT2D eigenvalue weighted by atomic mass is 10.4. The average Bonchev–Trinajstić information content (AvgIpc) is 2.72. The van der Waals surface area contributed by atoms with Gasteiger partial charge in [0, 0.05) is 11.1 Å². The molecule has 1 heterocycles. The molecule has 6 heteroatoms. The van der Waals surface area contributed by atoms with E-state index >= 15 is 0 Å². The molecule has 1 amide bonds. The number of hydrazine groups is 1. The molecule has 0 saturated heterocycles. The molecule has 84 valence electrons. The number of thioether (sulfide) groups is 1. The highest BCUT2D eigenvalue weighted by atomic mass is 32.2. The van der Waals surface area contributed by atoms with E-state index in [1.54, 1.807) is 0 Å². The van der Waals surface area contributed by atoms with Crippen LogP contribution in [0.15, 0.2) is 5.38 Å². The fourth-order valence-electron chi connectivity index (χ4n) is 0.962. The van der Waals surface area contributed by atoms with E-state index in [9.17, 15) is 4.79 Å². The molecular weight excluding hydrogens is 230 g/mol. The maximum atomic E-state index is 11.1. The van der Waals surface area contributed by atoms with Crippen LogP contribution in [0, 0.1) is 0 Å². The summed E-state index contributed by atoms with van der Waals surface area (Å²) >= 11 is 3.17. The minimum atomic E-state index is -0.315. The van der Waals surface area contributed by atoms with Gasteiger partial charge in [-0.2, -0.15) is 11.8 Å². The largest absolute Gasteiger partial charge is 0.294 e. The third kappa shape index (κ3) is 4.19. The standard InChI is InChI=1S/C9H15N3OS2/c1-2-3-4-14-5-7-6-15-9(11-7)8(13)12-10/h6H,2-5,10H2,1H3,(H,12,13). The van der Waals surface area contributed by atoms with Crippen molar-refractivity contribution >= 4 is 29.0 Å². The minimum Gasteiger partial charge on any atom is -0.288 e. The van der Waals surface area contributed by atoms with Gasteiger partial charge in [0.2, 0.25) is 0 Å². The minimum absolute atomic E-state index is 0.315. The third-order valence-electron chi connectivity index (χ3n) is 1.77. The van der Waals surface area contributed by atoms with Crippen molar-refractivity contribution in [3.05, 3.63) is 16.1 Å². The Balaban J connectivity index is 2.36. The van der Waals surface area contributed by atoms with E-state index in [0.717, 1.165) is 17.2 Å². The summed E-state index contributed by atoms with van der Waals surface area (Å²) in [6.07, 6.45) is 2.44. The van der Waals surface area contributed by atoms with E-state index < -0.39 is 0 Å². The maximum absolute atomic E-state index is 11.1. The number of carbonyl (C=O) groups is 1. The molecule has 0 aromatic carbocycles. The lowest BCUT2D eigenvalue weighted by Crippen LogP contribution is -2.29. The first-order chi connectivity index (χ1) is 7.27. The van der Waals surface area contributed by atoms with Gasteiger partial charge in [0.15, 0.2) is 5.01 Å². The second-order valence-electron chi connectivity index (χ2n) is 3.02. The average molecular weight is 245 g/mol. The number of nitrogen functional groups attached to an aromatic ring is 1. The quantitative estimate of drug-likeness (QED) is 0.347. The molecule has 0 bridgehead atoms. The summed E-state index contributed by atoms with van der Waals surface area (Å²) < 4.78 is 0. The molecule has 0 aliphatic heterocycles. The number of nitrogens with zero attached hydrogens (tertiary/aromatic N) is 1. The van der Waals surface area contributed by atoms with Gasteiger partial charge in [-0.25, -0.2) is 10.8 Å². The van der Waals surface area contributed by atoms with Crippen LogP contribution < -0.4 is 11.3 Å². The number of hydrogen-bond acceptors (Lipinski definition) is 5. The number of rotatable bonds is 6. The molecule has 1 aromatic rings. The van der Waals surface area contributed by atoms with E-state index in [1.807, 2.05) is 17.1 Å². The topological polar surface area (TPSA) is 68.0 Å². The van der Waals surface area contributed by atoms with E-state index in [1.165, 1.54) is 24.2 Å². The van der Waals surface area contributed by atoms with E-state index in [-0.39, 0.29) is 5.91 Å². The Labute approximate surface area is 97.6 Å². The van der Waals surface area contributed by atoms with Crippen LogP contribution >= 0.6 is 23.1 Å². The third-order valence-corrected chi connectivity index (χ3v) is 3.74. The summed E-state index contributed by atoms with van der Waals surface area (Å²) in [5.74, 6) is 6.71. The maximum Gasteiger partial charge on any atom is 0.294 e. The number of nitrogens with one attached hydrogen (secondary N) is 1. The van der Waals surface area contributed by atoms with E-state index in [4.69, 9.17) is 5.84 Å². The first kappa shape index (κ1) is 12.5. The van der Waals surface area contributed by atoms with Crippen molar-refractivity contribution in [2.45, 2.75) is 25.5 Å². The summed E-state index contributed by atoms with van der Waals surface area (Å²) in [6, 6.07) is 0. The fourth-order valence-corrected chi connectivity index (χ4v) is 2.78. The van der Waals surface area contributed by atoms with Crippen LogP contribution in [0.2, 0.25) is 0 Å². The lowest BCUT2D eigenvalue weighted by molar-refractivity contribution is 0.0953. The number of hydrogen-bond donors (Lipinski definition) is 2. The monoisotopic (exact) mass is 245 g/mol. The van der Waals surface area contributed by atoms with Gasteiger partial charge >= 0.3 is 0 Å². The van der Waals surface area contributed by atoms with Gasteiger partial charge < -0.3 is 0 Å². The predicted octanol–water partition coefficient (Wildman–Crippen LogP) is 1.78. The van der Waals surface area contributed by atoms with Crippen LogP contribution in [-0.4, -0.2) is 16.6 Å². The molecule has 0 spiro atoms. The Morgan fingerprint density at radius 3 is 3.20 bits per heavy atom. The van der Waals surface area contributed by atoms with Crippen LogP contribution in [0.4, 0.5) is 0 Å². The van der Waals surface area contributed by atoms with Gasteiger partial charge in [-0.3, -0.25) is 10.2 Å². The summed E-state index contributed by atoms with van der Waals surface area (Å²) in [7, 11) is 0. The van der Waals surface area contributed by atoms with Gasteiger partial charge in [-0.1, -0.05) is 13.3 Å². The van der Waals surface area contributed by atoms with Crippen molar-refractivity contribution in [2.75, 3.05) is 5.75 Å². The first-order valence-electron chi connectivity index (χ1n) is 4.81. The summed E-state index contributed by atoms with van der Waals surface area (Å²) in [4.78, 5) is 15.3. The van der Waals surface area contributed by atoms with Crippen LogP contribution in [0.3, 0.4) is 0 Å². The van der Waals surface area contributed by atoms with Gasteiger partial charge in [-0.05, 0) is 12.2 Å². The molecule has 0 atom stereocenters. The second-order valence-corrected chi connectivity index (χ2v) is 4.99. The Morgan fingerprint density at radius 2 is 2.53 bits per heavy atom. The molecule has 0 saturated carbocycles. The Kier molecular flexibility index (Phi) is 5.67. The van der Waals surface area contributed by atoms with Gasteiger partial charge in [0.25, 0.3) is 5.91 Å². The highest BCUT2D eigenvalue weighted by Crippen LogP contribution is 2.16. The van der Waals surface area contributed by atoms with Crippen molar-refractivity contribution in [1.29, 1.82) is 0 Å². The zero-order valence-electron chi connectivity index (χ0n) is 8.66. The molecule has 0 radical (unpaired) electrons. The summed E-state index contributed by atoms with van der Waals surface area (Å²) in [5.41, 5.74) is 3.03. The van der Waals surface area contributed by atoms with Crippen molar-refractivity contribution in [1.82, 2.24) is 10.4 Å². The first-order valence-corrected chi connectivity index (χ1v) is 6.84. The van der Waals surface area contributed by atoms with Crippen molar-refractivity contribution in [3.8, 4) is 0 Å². The molecule has 1 aromatic heterocycles. The molecule has 0 fully saturated rings. The number of unbranched alkanes of at least 4 members (excludes halogenated alkanes) is 1. The second kappa shape index (κ2) is 6.81. The highest BCUT2D eigenvalue weighted by Gasteiger charge is 2.08. The van der Waals surface area contributed by atoms with E-state index in [0.29, 0.717) is 5.01 Å². The van der Waals surface area contributed by atoms with Gasteiger partial charge in [-0.15, -0.1) is 11.3 Å². The number of carbonyl (C=O) groups excluding carboxylic acids is 1. The molecule has 0 aliphatic rings. The SMILES string of the molecule is CCCCSCc1csc(C(=O)NN)n1. The molecule has 15 heavy (non-hydrogen) atoms. The molecule has 3 N–H and O–H groups in total. The van der Waals surface area contributed by atoms with Crippen LogP contribution in [0.1, 0.15) is 35.3 Å². The van der Waals surface area contributed by atoms with Crippen LogP contribution in [0.25, 0.3) is 0 Å². The molecule has 0 unspecified atom stereocenters. The lowest BCUT2D eigenvalue weighted by Gasteiger charge is -1.96. The Hall–Kier alpha value is -0.590. The summed E-state index contributed by atoms with van der Waals surface area (Å²) in [5, 5.41) is 2.34. The van der Waals surface area contributed by atoms with E-state index in [2.05, 4.69) is 17.3 Å². The zero-order valence-corrected chi connectivity index (χ0v) is 10.3.